The van der Waals surface area contributed by atoms with Gasteiger partial charge >= 0.3 is 11.9 Å². The van der Waals surface area contributed by atoms with Crippen molar-refractivity contribution in [1.29, 1.82) is 0 Å². The fourth-order valence-electron chi connectivity index (χ4n) is 2.40. The van der Waals surface area contributed by atoms with Gasteiger partial charge in [0.15, 0.2) is 11.9 Å². The number of cyclic esters (lactones) is 1. The predicted molar refractivity (Wildman–Crippen MR) is 77.0 cm³/mol. The van der Waals surface area contributed by atoms with E-state index in [1.807, 2.05) is 0 Å². The Morgan fingerprint density at radius 2 is 1.88 bits per heavy atom. The van der Waals surface area contributed by atoms with Crippen molar-refractivity contribution in [1.82, 2.24) is 0 Å². The molecule has 0 bridgehead atoms. The number of hydrogen-bond acceptors (Lipinski definition) is 12. The average molecular weight is 380 g/mol. The van der Waals surface area contributed by atoms with Gasteiger partial charge in [-0.05, 0) is 0 Å². The van der Waals surface area contributed by atoms with Gasteiger partial charge in [-0.2, -0.15) is 0 Å². The van der Waals surface area contributed by atoms with E-state index in [4.69, 9.17) is 19.3 Å². The van der Waals surface area contributed by atoms with Gasteiger partial charge in [-0.25, -0.2) is 4.79 Å². The number of carbonyl (C=O) groups is 2. The minimum absolute atomic E-state index is 0.565. The molecule has 2 unspecified atom stereocenters. The second kappa shape index (κ2) is 8.16. The summed E-state index contributed by atoms with van der Waals surface area (Å²) in [5.74, 6) is -3.55. The summed E-state index contributed by atoms with van der Waals surface area (Å²) < 4.78 is 19.4. The van der Waals surface area contributed by atoms with Crippen molar-refractivity contribution >= 4 is 11.9 Å². The van der Waals surface area contributed by atoms with Gasteiger partial charge in [0.1, 0.15) is 37.1 Å². The number of esters is 2. The molecule has 2 aliphatic heterocycles. The summed E-state index contributed by atoms with van der Waals surface area (Å²) in [6.07, 6.45) is -11.4. The van der Waals surface area contributed by atoms with Crippen LogP contribution in [0.5, 0.6) is 0 Å². The average Bonchev–Trinajstić information content (AvgIpc) is 2.88. The van der Waals surface area contributed by atoms with Crippen LogP contribution >= 0.6 is 0 Å². The molecule has 1 saturated heterocycles. The van der Waals surface area contributed by atoms with Crippen molar-refractivity contribution in [2.24, 2.45) is 0 Å². The molecule has 0 spiro atoms. The summed E-state index contributed by atoms with van der Waals surface area (Å²) in [7, 11) is 0. The Balaban J connectivity index is 2.11. The van der Waals surface area contributed by atoms with E-state index in [1.54, 1.807) is 0 Å². The Labute approximate surface area is 146 Å². The fourth-order valence-corrected chi connectivity index (χ4v) is 2.40. The molecule has 26 heavy (non-hydrogen) atoms. The molecule has 12 nitrogen and oxygen atoms in total. The molecule has 0 aromatic rings. The molecule has 1 fully saturated rings. The lowest BCUT2D eigenvalue weighted by Gasteiger charge is -2.39. The molecule has 2 heterocycles. The molecule has 148 valence electrons. The molecule has 12 heteroatoms. The third-order valence-electron chi connectivity index (χ3n) is 3.81. The molecule has 2 rings (SSSR count). The second-order valence-corrected chi connectivity index (χ2v) is 5.73. The Morgan fingerprint density at radius 3 is 2.46 bits per heavy atom. The minimum atomic E-state index is -1.81. The summed E-state index contributed by atoms with van der Waals surface area (Å²) in [6.45, 7) is -0.189. The molecule has 0 aromatic heterocycles. The first-order chi connectivity index (χ1) is 12.2. The Kier molecular flexibility index (Phi) is 6.39. The zero-order chi connectivity index (χ0) is 19.6. The first-order valence-electron chi connectivity index (χ1n) is 7.60. The summed E-state index contributed by atoms with van der Waals surface area (Å²) >= 11 is 0. The van der Waals surface area contributed by atoms with Crippen LogP contribution in [0.1, 0.15) is 6.92 Å². The molecule has 0 aromatic carbocycles. The number of aliphatic hydroxyl groups excluding tert-OH is 6. The molecular weight excluding hydrogens is 360 g/mol. The minimum Gasteiger partial charge on any atom is -0.505 e. The number of ether oxygens (including phenoxy) is 4. The van der Waals surface area contributed by atoms with E-state index in [9.17, 15) is 35.1 Å². The highest BCUT2D eigenvalue weighted by atomic mass is 16.7. The summed E-state index contributed by atoms with van der Waals surface area (Å²) in [5.41, 5.74) is 0. The maximum Gasteiger partial charge on any atom is 0.378 e. The van der Waals surface area contributed by atoms with Crippen molar-refractivity contribution in [3.05, 3.63) is 11.5 Å². The number of carbonyl (C=O) groups excluding carboxylic acids is 2. The molecular formula is C14H20O12. The van der Waals surface area contributed by atoms with Gasteiger partial charge in [-0.3, -0.25) is 4.79 Å². The lowest BCUT2D eigenvalue weighted by atomic mass is 9.99. The van der Waals surface area contributed by atoms with Crippen LogP contribution in [0, 0.1) is 0 Å². The van der Waals surface area contributed by atoms with Crippen LogP contribution < -0.4 is 0 Å². The number of hydrogen-bond donors (Lipinski definition) is 6. The van der Waals surface area contributed by atoms with E-state index >= 15 is 0 Å². The van der Waals surface area contributed by atoms with Crippen LogP contribution in [-0.2, 0) is 28.5 Å². The lowest BCUT2D eigenvalue weighted by Crippen LogP contribution is -2.59. The highest BCUT2D eigenvalue weighted by Crippen LogP contribution is 2.29. The largest absolute Gasteiger partial charge is 0.505 e. The smallest absolute Gasteiger partial charge is 0.378 e. The van der Waals surface area contributed by atoms with Crippen LogP contribution in [0.4, 0.5) is 0 Å². The number of rotatable bonds is 6. The van der Waals surface area contributed by atoms with Crippen LogP contribution in [-0.4, -0.2) is 98.7 Å². The topological polar surface area (TPSA) is 192 Å². The third kappa shape index (κ3) is 4.06. The molecule has 6 N–H and O–H groups in total. The first kappa shape index (κ1) is 20.4. The Bertz CT molecular complexity index is 572. The standard InChI is InChI=1S/C14H20O12/c1-4(16)23-3-5(17)11-10(21)12(13(22)25-11)26-14-9(20)8(19)7(18)6(2-15)24-14/h5-9,11,14-15,17-21H,2-3H2,1H3/t5?,6-,7-,8+,9-,11?,14-/m1/s1. The van der Waals surface area contributed by atoms with Crippen LogP contribution in [0.15, 0.2) is 11.5 Å². The lowest BCUT2D eigenvalue weighted by molar-refractivity contribution is -0.291. The zero-order valence-corrected chi connectivity index (χ0v) is 13.6. The molecule has 0 aliphatic carbocycles. The second-order valence-electron chi connectivity index (χ2n) is 5.73. The van der Waals surface area contributed by atoms with Crippen molar-refractivity contribution in [2.45, 2.75) is 49.8 Å². The molecule has 2 aliphatic rings. The first-order valence-corrected chi connectivity index (χ1v) is 7.60. The molecule has 0 saturated carbocycles. The molecule has 0 amide bonds. The molecule has 0 radical (unpaired) electrons. The normalized spacial score (nSPS) is 35.8. The van der Waals surface area contributed by atoms with Gasteiger partial charge in [-0.1, -0.05) is 0 Å². The van der Waals surface area contributed by atoms with Gasteiger partial charge in [0.25, 0.3) is 0 Å². The monoisotopic (exact) mass is 380 g/mol. The van der Waals surface area contributed by atoms with E-state index in [1.165, 1.54) is 0 Å². The quantitative estimate of drug-likeness (QED) is 0.249. The van der Waals surface area contributed by atoms with E-state index in [-0.39, 0.29) is 0 Å². The van der Waals surface area contributed by atoms with Crippen LogP contribution in [0.3, 0.4) is 0 Å². The van der Waals surface area contributed by atoms with Gasteiger partial charge in [-0.15, -0.1) is 0 Å². The van der Waals surface area contributed by atoms with Gasteiger partial charge in [0.05, 0.1) is 6.61 Å². The zero-order valence-electron chi connectivity index (χ0n) is 13.6. The van der Waals surface area contributed by atoms with Crippen molar-refractivity contribution in [3.63, 3.8) is 0 Å². The van der Waals surface area contributed by atoms with E-state index in [2.05, 4.69) is 4.74 Å². The van der Waals surface area contributed by atoms with E-state index in [0.29, 0.717) is 0 Å². The third-order valence-corrected chi connectivity index (χ3v) is 3.81. The SMILES string of the molecule is CC(=O)OCC(O)C1OC(=O)C(O[C@H]2O[C@H](CO)[C@@H](O)[C@H](O)[C@H]2O)=C1O. The molecule has 7 atom stereocenters. The summed E-state index contributed by atoms with van der Waals surface area (Å²) in [4.78, 5) is 22.6. The Hall–Kier alpha value is -1.96. The summed E-state index contributed by atoms with van der Waals surface area (Å²) in [5, 5.41) is 58.2. The maximum atomic E-state index is 11.8. The van der Waals surface area contributed by atoms with Gasteiger partial charge in [0.2, 0.25) is 12.0 Å². The highest BCUT2D eigenvalue weighted by molar-refractivity contribution is 5.89. The number of aliphatic hydroxyl groups is 6. The fraction of sp³-hybridized carbons (Fsp3) is 0.714. The summed E-state index contributed by atoms with van der Waals surface area (Å²) in [6, 6.07) is 0. The predicted octanol–water partition coefficient (Wildman–Crippen LogP) is -3.58. The van der Waals surface area contributed by atoms with Crippen LogP contribution in [0.2, 0.25) is 0 Å². The van der Waals surface area contributed by atoms with Crippen molar-refractivity contribution in [3.8, 4) is 0 Å². The van der Waals surface area contributed by atoms with Crippen molar-refractivity contribution in [2.75, 3.05) is 13.2 Å². The van der Waals surface area contributed by atoms with Crippen LogP contribution in [0.25, 0.3) is 0 Å². The van der Waals surface area contributed by atoms with Gasteiger partial charge < -0.3 is 49.6 Å². The van der Waals surface area contributed by atoms with E-state index < -0.39 is 79.6 Å². The van der Waals surface area contributed by atoms with Crippen molar-refractivity contribution < 1.29 is 59.2 Å². The Morgan fingerprint density at radius 1 is 1.23 bits per heavy atom. The van der Waals surface area contributed by atoms with Gasteiger partial charge in [0, 0.05) is 6.92 Å². The maximum absolute atomic E-state index is 11.8. The highest BCUT2D eigenvalue weighted by Gasteiger charge is 2.48. The van der Waals surface area contributed by atoms with E-state index in [0.717, 1.165) is 6.92 Å².